The molecule has 3 aliphatic rings. The Hall–Kier alpha value is -4.71. The summed E-state index contributed by atoms with van der Waals surface area (Å²) >= 11 is 6.51. The van der Waals surface area contributed by atoms with Crippen molar-refractivity contribution in [3.8, 4) is 0 Å². The molecule has 3 amide bonds. The Morgan fingerprint density at radius 3 is 2.70 bits per heavy atom. The summed E-state index contributed by atoms with van der Waals surface area (Å²) in [5.41, 5.74) is 5.45. The Morgan fingerprint density at radius 2 is 1.91 bits per heavy atom. The van der Waals surface area contributed by atoms with E-state index in [0.717, 1.165) is 53.0 Å². The van der Waals surface area contributed by atoms with E-state index in [-0.39, 0.29) is 23.8 Å². The molecule has 7 rings (SSSR count). The van der Waals surface area contributed by atoms with E-state index in [1.165, 1.54) is 0 Å². The predicted octanol–water partition coefficient (Wildman–Crippen LogP) is 4.15. The number of hydrogen-bond donors (Lipinski definition) is 2. The standard InChI is InChI=1S/C33H36ClN9O3/c1-18-17-43(33-35-16-24(34)31(38-33)36-20-5-9-26-19(13-20)14-29(45)41(26)3)12-11-25(18)40(2)21-6-7-22-27(15-21)42(4)39-30(22)23-8-10-28(44)37-32(23)46/h5-7,9,13,15-16,18,23,25H,8,10-12,14,17H2,1-4H3,(H,35,36,38)(H,37,44,46)/t18-,23?,25-/m1/s1. The fraction of sp³-hybridized carbons (Fsp3) is 0.394. The summed E-state index contributed by atoms with van der Waals surface area (Å²) in [5, 5.41) is 11.8. The number of aromatic nitrogens is 4. The van der Waals surface area contributed by atoms with E-state index < -0.39 is 5.92 Å². The lowest BCUT2D eigenvalue weighted by molar-refractivity contribution is -0.134. The first-order chi connectivity index (χ1) is 22.1. The number of nitrogens with zero attached hydrogens (tertiary/aromatic N) is 7. The minimum Gasteiger partial charge on any atom is -0.371 e. The van der Waals surface area contributed by atoms with Crippen LogP contribution in [-0.4, -0.2) is 70.7 Å². The molecule has 3 aliphatic heterocycles. The molecule has 0 bridgehead atoms. The monoisotopic (exact) mass is 641 g/mol. The Bertz CT molecular complexity index is 1890. The molecule has 1 unspecified atom stereocenters. The zero-order chi connectivity index (χ0) is 32.3. The van der Waals surface area contributed by atoms with Crippen LogP contribution in [0, 0.1) is 5.92 Å². The molecule has 3 atom stereocenters. The molecule has 0 aliphatic carbocycles. The molecule has 5 heterocycles. The third-order valence-corrected chi connectivity index (χ3v) is 9.91. The Labute approximate surface area is 271 Å². The second kappa shape index (κ2) is 11.6. The molecule has 2 saturated heterocycles. The predicted molar refractivity (Wildman–Crippen MR) is 178 cm³/mol. The number of aryl methyl sites for hydroxylation is 1. The van der Waals surface area contributed by atoms with Gasteiger partial charge in [-0.3, -0.25) is 24.4 Å². The number of rotatable bonds is 6. The number of likely N-dealkylation sites (N-methyl/N-ethyl adjacent to an activating group) is 1. The summed E-state index contributed by atoms with van der Waals surface area (Å²) in [7, 11) is 5.80. The fourth-order valence-corrected chi connectivity index (χ4v) is 7.21. The van der Waals surface area contributed by atoms with Gasteiger partial charge in [-0.15, -0.1) is 0 Å². The topological polar surface area (TPSA) is 129 Å². The zero-order valence-electron chi connectivity index (χ0n) is 26.2. The quantitative estimate of drug-likeness (QED) is 0.298. The van der Waals surface area contributed by atoms with E-state index >= 15 is 0 Å². The van der Waals surface area contributed by atoms with Gasteiger partial charge in [0.1, 0.15) is 5.02 Å². The van der Waals surface area contributed by atoms with E-state index in [0.29, 0.717) is 47.7 Å². The van der Waals surface area contributed by atoms with Crippen LogP contribution in [0.3, 0.4) is 0 Å². The van der Waals surface area contributed by atoms with Crippen LogP contribution in [0.2, 0.25) is 5.02 Å². The lowest BCUT2D eigenvalue weighted by Gasteiger charge is -2.42. The first kappa shape index (κ1) is 30.0. The van der Waals surface area contributed by atoms with Gasteiger partial charge in [-0.2, -0.15) is 10.1 Å². The molecule has 238 valence electrons. The molecule has 0 saturated carbocycles. The van der Waals surface area contributed by atoms with Gasteiger partial charge >= 0.3 is 0 Å². The van der Waals surface area contributed by atoms with Gasteiger partial charge in [0.15, 0.2) is 5.82 Å². The highest BCUT2D eigenvalue weighted by Gasteiger charge is 2.33. The summed E-state index contributed by atoms with van der Waals surface area (Å²) in [4.78, 5) is 51.9. The summed E-state index contributed by atoms with van der Waals surface area (Å²) in [6.45, 7) is 3.80. The van der Waals surface area contributed by atoms with Gasteiger partial charge in [0.25, 0.3) is 0 Å². The van der Waals surface area contributed by atoms with Crippen LogP contribution in [0.25, 0.3) is 10.9 Å². The average Bonchev–Trinajstić information content (AvgIpc) is 3.51. The molecule has 46 heavy (non-hydrogen) atoms. The van der Waals surface area contributed by atoms with Crippen molar-refractivity contribution in [2.24, 2.45) is 13.0 Å². The molecule has 2 aromatic carbocycles. The van der Waals surface area contributed by atoms with Crippen molar-refractivity contribution in [1.82, 2.24) is 25.1 Å². The van der Waals surface area contributed by atoms with Crippen LogP contribution in [0.4, 0.5) is 28.8 Å². The highest BCUT2D eigenvalue weighted by Crippen LogP contribution is 2.35. The number of halogens is 1. The molecule has 2 fully saturated rings. The number of hydrogen-bond acceptors (Lipinski definition) is 9. The summed E-state index contributed by atoms with van der Waals surface area (Å²) in [6, 6.07) is 12.4. The lowest BCUT2D eigenvalue weighted by atomic mass is 9.91. The first-order valence-electron chi connectivity index (χ1n) is 15.5. The largest absolute Gasteiger partial charge is 0.371 e. The number of carbonyl (C=O) groups excluding carboxylic acids is 3. The summed E-state index contributed by atoms with van der Waals surface area (Å²) in [6.07, 6.45) is 3.71. The molecule has 2 aromatic heterocycles. The molecular formula is C33H36ClN9O3. The maximum Gasteiger partial charge on any atom is 0.235 e. The van der Waals surface area contributed by atoms with E-state index in [1.54, 1.807) is 18.1 Å². The van der Waals surface area contributed by atoms with Crippen molar-refractivity contribution < 1.29 is 14.4 Å². The Kier molecular flexibility index (Phi) is 7.54. The lowest BCUT2D eigenvalue weighted by Crippen LogP contribution is -2.49. The van der Waals surface area contributed by atoms with Crippen molar-refractivity contribution in [3.63, 3.8) is 0 Å². The number of nitrogens with one attached hydrogen (secondary N) is 2. The second-order valence-electron chi connectivity index (χ2n) is 12.6. The number of benzene rings is 2. The third-order valence-electron chi connectivity index (χ3n) is 9.63. The van der Waals surface area contributed by atoms with E-state index in [2.05, 4.69) is 51.5 Å². The van der Waals surface area contributed by atoms with Gasteiger partial charge in [0.05, 0.1) is 29.7 Å². The van der Waals surface area contributed by atoms with Crippen molar-refractivity contribution in [3.05, 3.63) is 58.9 Å². The highest BCUT2D eigenvalue weighted by molar-refractivity contribution is 6.33. The van der Waals surface area contributed by atoms with Crippen molar-refractivity contribution in [2.45, 2.75) is 44.6 Å². The maximum absolute atomic E-state index is 12.6. The number of imide groups is 1. The molecule has 12 nitrogen and oxygen atoms in total. The van der Waals surface area contributed by atoms with Crippen LogP contribution < -0.4 is 25.3 Å². The summed E-state index contributed by atoms with van der Waals surface area (Å²) < 4.78 is 1.82. The van der Waals surface area contributed by atoms with Crippen LogP contribution in [0.1, 0.15) is 43.4 Å². The van der Waals surface area contributed by atoms with Crippen LogP contribution >= 0.6 is 11.6 Å². The second-order valence-corrected chi connectivity index (χ2v) is 13.0. The minimum atomic E-state index is -0.429. The number of piperidine rings is 2. The molecule has 4 aromatic rings. The molecular weight excluding hydrogens is 606 g/mol. The van der Waals surface area contributed by atoms with Crippen LogP contribution in [-0.2, 0) is 27.9 Å². The minimum absolute atomic E-state index is 0.0779. The molecule has 2 N–H and O–H groups in total. The van der Waals surface area contributed by atoms with Crippen molar-refractivity contribution in [1.29, 1.82) is 0 Å². The van der Waals surface area contributed by atoms with Crippen LogP contribution in [0.15, 0.2) is 42.6 Å². The van der Waals surface area contributed by atoms with Gasteiger partial charge in [-0.25, -0.2) is 4.98 Å². The van der Waals surface area contributed by atoms with Crippen LogP contribution in [0.5, 0.6) is 0 Å². The van der Waals surface area contributed by atoms with Gasteiger partial charge in [0, 0.05) is 69.1 Å². The van der Waals surface area contributed by atoms with Gasteiger partial charge < -0.3 is 20.0 Å². The molecule has 13 heteroatoms. The SMILES string of the molecule is C[C@@H]1CN(c2ncc(Cl)c(Nc3ccc4c(c3)CC(=O)N4C)n2)CC[C@H]1N(C)c1ccc2c(C3CCC(=O)NC3=O)nn(C)c2c1. The smallest absolute Gasteiger partial charge is 0.235 e. The fourth-order valence-electron chi connectivity index (χ4n) is 7.07. The average molecular weight is 642 g/mol. The normalized spacial score (nSPS) is 21.5. The Morgan fingerprint density at radius 1 is 1.09 bits per heavy atom. The van der Waals surface area contributed by atoms with E-state index in [1.807, 2.05) is 36.0 Å². The molecule has 0 radical (unpaired) electrons. The number of anilines is 5. The van der Waals surface area contributed by atoms with E-state index in [9.17, 15) is 14.4 Å². The molecule has 0 spiro atoms. The van der Waals surface area contributed by atoms with Gasteiger partial charge in [-0.1, -0.05) is 18.5 Å². The summed E-state index contributed by atoms with van der Waals surface area (Å²) in [5.74, 6) is 0.593. The third kappa shape index (κ3) is 5.30. The Balaban J connectivity index is 1.05. The van der Waals surface area contributed by atoms with Gasteiger partial charge in [0.2, 0.25) is 23.7 Å². The van der Waals surface area contributed by atoms with Crippen molar-refractivity contribution in [2.75, 3.05) is 47.2 Å². The number of amides is 3. The number of carbonyl (C=O) groups is 3. The van der Waals surface area contributed by atoms with Crippen molar-refractivity contribution >= 4 is 69.1 Å². The van der Waals surface area contributed by atoms with Gasteiger partial charge in [-0.05, 0) is 60.7 Å². The van der Waals surface area contributed by atoms with E-state index in [4.69, 9.17) is 21.7 Å². The zero-order valence-corrected chi connectivity index (χ0v) is 27.0. The number of fused-ring (bicyclic) bond motifs is 2. The highest BCUT2D eigenvalue weighted by atomic mass is 35.5. The maximum atomic E-state index is 12.6. The first-order valence-corrected chi connectivity index (χ1v) is 15.9.